The van der Waals surface area contributed by atoms with E-state index in [0.29, 0.717) is 4.24 Å². The minimum Gasteiger partial charge on any atom is -0.480 e. The minimum atomic E-state index is -1.26. The van der Waals surface area contributed by atoms with Gasteiger partial charge < -0.3 is 21.1 Å². The van der Waals surface area contributed by atoms with E-state index in [0.717, 1.165) is 28.4 Å². The molecule has 0 aromatic carbocycles. The predicted octanol–water partition coefficient (Wildman–Crippen LogP) is -0.703. The number of nitrogens with zero attached hydrogens (tertiary/aromatic N) is 1. The summed E-state index contributed by atoms with van der Waals surface area (Å²) in [5.74, 6) is -3.51. The van der Waals surface area contributed by atoms with Crippen molar-refractivity contribution < 1.29 is 29.7 Å². The van der Waals surface area contributed by atoms with Crippen LogP contribution in [0.4, 0.5) is 0 Å². The van der Waals surface area contributed by atoms with Crippen molar-refractivity contribution in [2.75, 3.05) is 5.75 Å². The van der Waals surface area contributed by atoms with Crippen LogP contribution in [0.1, 0.15) is 6.92 Å². The maximum atomic E-state index is 11.9. The second-order valence-electron chi connectivity index (χ2n) is 4.68. The Hall–Kier alpha value is -1.23. The number of rotatable bonds is 6. The van der Waals surface area contributed by atoms with E-state index < -0.39 is 41.3 Å². The number of amides is 1. The molecule has 2 aliphatic heterocycles. The average Bonchev–Trinajstić information content (AvgIpc) is 2.69. The number of carboxylic acids is 2. The number of aliphatic hydroxyl groups excluding tert-OH is 1. The van der Waals surface area contributed by atoms with Gasteiger partial charge in [0.1, 0.15) is 11.4 Å². The maximum Gasteiger partial charge on any atom is 0.354 e. The number of hydrogen-bond acceptors (Lipinski definition) is 7. The molecule has 0 aromatic heterocycles. The molecule has 10 heteroatoms. The molecule has 1 fully saturated rings. The zero-order valence-electron chi connectivity index (χ0n) is 10.9. The number of hydrogen-bond donors (Lipinski definition) is 4. The Morgan fingerprint density at radius 2 is 2.10 bits per heavy atom. The Morgan fingerprint density at radius 3 is 2.57 bits per heavy atom. The molecule has 2 heterocycles. The van der Waals surface area contributed by atoms with Gasteiger partial charge in [-0.25, -0.2) is 4.79 Å². The Kier molecular flexibility index (Phi) is 4.51. The summed E-state index contributed by atoms with van der Waals surface area (Å²) in [6, 6.07) is -1.12. The number of nitrogens with two attached hydrogens (primary N) is 1. The van der Waals surface area contributed by atoms with Crippen LogP contribution in [0.3, 0.4) is 0 Å². The van der Waals surface area contributed by atoms with Crippen LogP contribution in [-0.4, -0.2) is 61.3 Å². The molecule has 21 heavy (non-hydrogen) atoms. The van der Waals surface area contributed by atoms with Crippen molar-refractivity contribution in [1.29, 1.82) is 0 Å². The Labute approximate surface area is 128 Å². The van der Waals surface area contributed by atoms with E-state index in [1.165, 1.54) is 6.92 Å². The Balaban J connectivity index is 2.15. The van der Waals surface area contributed by atoms with Crippen molar-refractivity contribution in [3.63, 3.8) is 0 Å². The summed E-state index contributed by atoms with van der Waals surface area (Å²) >= 11 is 2.15. The van der Waals surface area contributed by atoms with Crippen LogP contribution >= 0.6 is 23.5 Å². The molecule has 1 amide bonds. The van der Waals surface area contributed by atoms with E-state index in [4.69, 9.17) is 10.8 Å². The van der Waals surface area contributed by atoms with Gasteiger partial charge in [-0.1, -0.05) is 11.8 Å². The Bertz CT molecular complexity index is 535. The van der Waals surface area contributed by atoms with Gasteiger partial charge >= 0.3 is 11.9 Å². The molecule has 116 valence electrons. The lowest BCUT2D eigenvalue weighted by atomic mass is 9.92. The first-order valence-corrected chi connectivity index (χ1v) is 7.88. The quantitative estimate of drug-likeness (QED) is 0.464. The molecule has 0 saturated carbocycles. The van der Waals surface area contributed by atoms with Crippen molar-refractivity contribution in [3.05, 3.63) is 9.93 Å². The van der Waals surface area contributed by atoms with E-state index in [1.807, 2.05) is 0 Å². The number of aliphatic hydroxyl groups is 1. The van der Waals surface area contributed by atoms with Crippen LogP contribution in [0.15, 0.2) is 9.93 Å². The highest BCUT2D eigenvalue weighted by Crippen LogP contribution is 2.53. The monoisotopic (exact) mass is 334 g/mol. The molecular formula is C11H14N2O6S2. The second-order valence-corrected chi connectivity index (χ2v) is 7.10. The number of carbonyl (C=O) groups is 3. The number of aliphatic carboxylic acids is 2. The number of thioether (sulfide) groups is 2. The molecule has 2 rings (SSSR count). The fourth-order valence-corrected chi connectivity index (χ4v) is 4.98. The summed E-state index contributed by atoms with van der Waals surface area (Å²) in [6.07, 6.45) is -0.869. The number of fused-ring (bicyclic) bond motifs is 1. The van der Waals surface area contributed by atoms with Crippen LogP contribution in [-0.2, 0) is 14.4 Å². The Morgan fingerprint density at radius 1 is 1.48 bits per heavy atom. The lowest BCUT2D eigenvalue weighted by Gasteiger charge is -2.43. The van der Waals surface area contributed by atoms with Gasteiger partial charge in [-0.05, 0) is 6.92 Å². The van der Waals surface area contributed by atoms with Crippen molar-refractivity contribution >= 4 is 41.4 Å². The van der Waals surface area contributed by atoms with Gasteiger partial charge in [-0.3, -0.25) is 14.5 Å². The minimum absolute atomic E-state index is 0.00252. The third-order valence-electron chi connectivity index (χ3n) is 3.18. The van der Waals surface area contributed by atoms with Crippen LogP contribution in [0, 0.1) is 5.92 Å². The van der Waals surface area contributed by atoms with Crippen molar-refractivity contribution in [1.82, 2.24) is 4.90 Å². The SMILES string of the molecule is CC(O)[C@H]1C(=O)N2C(C(=O)O)=C(SC[C@H](N)C(=O)O)S[C@H]12. The molecule has 1 unspecified atom stereocenters. The first-order chi connectivity index (χ1) is 9.75. The summed E-state index contributed by atoms with van der Waals surface area (Å²) in [7, 11) is 0. The summed E-state index contributed by atoms with van der Waals surface area (Å²) in [4.78, 5) is 35.0. The van der Waals surface area contributed by atoms with E-state index in [1.54, 1.807) is 0 Å². The van der Waals surface area contributed by atoms with Crippen LogP contribution in [0.2, 0.25) is 0 Å². The summed E-state index contributed by atoms with van der Waals surface area (Å²) < 4.78 is 0.348. The largest absolute Gasteiger partial charge is 0.480 e. The number of carboxylic acid groups (broad SMARTS) is 2. The fourth-order valence-electron chi connectivity index (χ4n) is 2.09. The molecule has 0 spiro atoms. The normalized spacial score (nSPS) is 27.2. The molecule has 0 aromatic rings. The third-order valence-corrected chi connectivity index (χ3v) is 5.96. The van der Waals surface area contributed by atoms with Gasteiger partial charge in [0.15, 0.2) is 5.70 Å². The van der Waals surface area contributed by atoms with Gasteiger partial charge in [0, 0.05) is 5.75 Å². The van der Waals surface area contributed by atoms with Gasteiger partial charge in [-0.2, -0.15) is 0 Å². The number of carbonyl (C=O) groups excluding carboxylic acids is 1. The lowest BCUT2D eigenvalue weighted by molar-refractivity contribution is -0.156. The predicted molar refractivity (Wildman–Crippen MR) is 76.1 cm³/mol. The molecule has 5 N–H and O–H groups in total. The van der Waals surface area contributed by atoms with E-state index in [2.05, 4.69) is 0 Å². The third kappa shape index (κ3) is 2.76. The average molecular weight is 334 g/mol. The smallest absolute Gasteiger partial charge is 0.354 e. The molecule has 1 saturated heterocycles. The highest BCUT2D eigenvalue weighted by Gasteiger charge is 2.57. The van der Waals surface area contributed by atoms with E-state index in [-0.39, 0.29) is 11.4 Å². The summed E-state index contributed by atoms with van der Waals surface area (Å²) in [5, 5.41) is 27.1. The molecule has 0 bridgehead atoms. The first kappa shape index (κ1) is 16.1. The summed E-state index contributed by atoms with van der Waals surface area (Å²) in [6.45, 7) is 1.48. The first-order valence-electron chi connectivity index (χ1n) is 6.02. The highest BCUT2D eigenvalue weighted by atomic mass is 32.2. The van der Waals surface area contributed by atoms with Gasteiger partial charge in [0.25, 0.3) is 0 Å². The van der Waals surface area contributed by atoms with E-state index >= 15 is 0 Å². The van der Waals surface area contributed by atoms with Crippen molar-refractivity contribution in [2.24, 2.45) is 11.7 Å². The molecule has 2 aliphatic rings. The van der Waals surface area contributed by atoms with Gasteiger partial charge in [-0.15, -0.1) is 11.8 Å². The molecule has 8 nitrogen and oxygen atoms in total. The zero-order chi connectivity index (χ0) is 15.9. The number of β-lactam (4-membered cyclic amide) rings is 1. The van der Waals surface area contributed by atoms with Crippen LogP contribution < -0.4 is 5.73 Å². The van der Waals surface area contributed by atoms with E-state index in [9.17, 15) is 24.6 Å². The van der Waals surface area contributed by atoms with Crippen LogP contribution in [0.25, 0.3) is 0 Å². The van der Waals surface area contributed by atoms with Crippen molar-refractivity contribution in [3.8, 4) is 0 Å². The molecule has 4 atom stereocenters. The second kappa shape index (κ2) is 5.87. The topological polar surface area (TPSA) is 141 Å². The molecule has 0 radical (unpaired) electrons. The summed E-state index contributed by atoms with van der Waals surface area (Å²) in [5.41, 5.74) is 5.23. The van der Waals surface area contributed by atoms with Gasteiger partial charge in [0.2, 0.25) is 5.91 Å². The lowest BCUT2D eigenvalue weighted by Crippen LogP contribution is -2.60. The standard InChI is InChI=1S/C11H14N2O6S2/c1-3(14)5-7(15)13-6(10(18)19)11(21-8(5)13)20-2-4(12)9(16)17/h3-5,8,14H,2,12H2,1H3,(H,16,17)(H,18,19)/t3?,4-,5-,8+/m0/s1. The maximum absolute atomic E-state index is 11.9. The highest BCUT2D eigenvalue weighted by molar-refractivity contribution is 8.22. The fraction of sp³-hybridized carbons (Fsp3) is 0.545. The van der Waals surface area contributed by atoms with Gasteiger partial charge in [0.05, 0.1) is 16.3 Å². The van der Waals surface area contributed by atoms with Crippen molar-refractivity contribution in [2.45, 2.75) is 24.4 Å². The molecule has 0 aliphatic carbocycles. The molecular weight excluding hydrogens is 320 g/mol. The zero-order valence-corrected chi connectivity index (χ0v) is 12.6. The van der Waals surface area contributed by atoms with Crippen LogP contribution in [0.5, 0.6) is 0 Å².